The molecule has 0 spiro atoms. The monoisotopic (exact) mass is 146 g/mol. The minimum atomic E-state index is -0.492. The first kappa shape index (κ1) is 7.70. The molecule has 0 bridgehead atoms. The first-order valence-electron chi connectivity index (χ1n) is 1.96. The quantitative estimate of drug-likeness (QED) is 0.359. The lowest BCUT2D eigenvalue weighted by Gasteiger charge is -1.80. The van der Waals surface area contributed by atoms with Crippen LogP contribution in [0.3, 0.4) is 0 Å². The Balaban J connectivity index is 3.56. The summed E-state index contributed by atoms with van der Waals surface area (Å²) in [4.78, 5) is 0. The minimum Gasteiger partial charge on any atom is -0.117 e. The fraction of sp³-hybridized carbons (Fsp3) is 0.333. The Bertz CT molecular complexity index is 144. The lowest BCUT2D eigenvalue weighted by molar-refractivity contribution is 1.56. The summed E-state index contributed by atoms with van der Waals surface area (Å²) in [5.74, 6) is 7.58. The number of rotatable bonds is 0. The highest BCUT2D eigenvalue weighted by Crippen LogP contribution is 1.88. The van der Waals surface area contributed by atoms with Gasteiger partial charge in [0.1, 0.15) is 0 Å². The largest absolute Gasteiger partial charge is 0.154 e. The molecule has 8 heavy (non-hydrogen) atoms. The number of hydrogen-bond donors (Lipinski definition) is 0. The fourth-order valence-electron chi connectivity index (χ4n) is 0.170. The fourth-order valence-corrected chi connectivity index (χ4v) is 0.324. The van der Waals surface area contributed by atoms with Crippen LogP contribution in [0.1, 0.15) is 0 Å². The maximum atomic E-state index is 5.38. The van der Waals surface area contributed by atoms with E-state index in [4.69, 9.17) is 29.6 Å². The van der Waals surface area contributed by atoms with Gasteiger partial charge in [-0.1, -0.05) is 29.4 Å². The summed E-state index contributed by atoms with van der Waals surface area (Å²) in [6.45, 7) is 0. The zero-order valence-corrected chi connectivity index (χ0v) is 5.63. The minimum absolute atomic E-state index is 0.283. The second-order valence-corrected chi connectivity index (χ2v) is 1.69. The number of hydrogen-bond acceptors (Lipinski definition) is 0. The van der Waals surface area contributed by atoms with Gasteiger partial charge in [0.15, 0.2) is 5.38 Å². The maximum absolute atomic E-state index is 5.38. The van der Waals surface area contributed by atoms with E-state index in [1.807, 2.05) is 0 Å². The van der Waals surface area contributed by atoms with Crippen LogP contribution in [0.15, 0.2) is 0 Å². The van der Waals surface area contributed by atoms with Crippen molar-refractivity contribution in [2.45, 2.75) is 5.38 Å². The van der Waals surface area contributed by atoms with Crippen molar-refractivity contribution < 1.29 is 0 Å². The molecular weight excluding hydrogens is 143 g/mol. The van der Waals surface area contributed by atoms with Crippen LogP contribution in [-0.4, -0.2) is 11.3 Å². The zero-order chi connectivity index (χ0) is 6.41. The first-order valence-corrected chi connectivity index (χ1v) is 2.93. The van der Waals surface area contributed by atoms with Crippen molar-refractivity contribution >= 4 is 23.2 Å². The predicted molar refractivity (Wildman–Crippen MR) is 37.0 cm³/mol. The Labute approximate surface area is 59.2 Å². The van der Waals surface area contributed by atoms with E-state index in [-0.39, 0.29) is 5.88 Å². The lowest BCUT2D eigenvalue weighted by Crippen LogP contribution is -1.85. The summed E-state index contributed by atoms with van der Waals surface area (Å²) in [6, 6.07) is 0. The summed E-state index contributed by atoms with van der Waals surface area (Å²) in [6.07, 6.45) is 4.89. The van der Waals surface area contributed by atoms with Gasteiger partial charge >= 0.3 is 0 Å². The van der Waals surface area contributed by atoms with Crippen LogP contribution in [-0.2, 0) is 0 Å². The van der Waals surface area contributed by atoms with Crippen LogP contribution in [0.2, 0.25) is 0 Å². The first-order chi connectivity index (χ1) is 3.81. The molecule has 42 valence electrons. The third-order valence-corrected chi connectivity index (χ3v) is 0.811. The molecule has 0 aromatic carbocycles. The van der Waals surface area contributed by atoms with Gasteiger partial charge in [-0.15, -0.1) is 18.0 Å². The van der Waals surface area contributed by atoms with E-state index in [0.29, 0.717) is 0 Å². The van der Waals surface area contributed by atoms with Crippen LogP contribution in [0.25, 0.3) is 0 Å². The van der Waals surface area contributed by atoms with Crippen molar-refractivity contribution in [1.29, 1.82) is 0 Å². The predicted octanol–water partition coefficient (Wildman–Crippen LogP) is 1.47. The van der Waals surface area contributed by atoms with Crippen LogP contribution in [0.4, 0.5) is 0 Å². The smallest absolute Gasteiger partial charge is 0.117 e. The van der Waals surface area contributed by atoms with E-state index in [0.717, 1.165) is 0 Å². The van der Waals surface area contributed by atoms with Crippen molar-refractivity contribution in [3.8, 4) is 24.2 Å². The molecule has 0 aromatic rings. The molecule has 0 heterocycles. The van der Waals surface area contributed by atoms with E-state index in [1.54, 1.807) is 0 Å². The molecule has 0 nitrogen and oxygen atoms in total. The Morgan fingerprint density at radius 3 is 2.62 bits per heavy atom. The van der Waals surface area contributed by atoms with Gasteiger partial charge in [0.05, 0.1) is 5.88 Å². The molecule has 0 saturated carbocycles. The van der Waals surface area contributed by atoms with Crippen molar-refractivity contribution in [2.24, 2.45) is 0 Å². The third kappa shape index (κ3) is 3.88. The van der Waals surface area contributed by atoms with Gasteiger partial charge in [0.25, 0.3) is 0 Å². The van der Waals surface area contributed by atoms with E-state index in [9.17, 15) is 0 Å². The molecule has 0 aromatic heterocycles. The Kier molecular flexibility index (Phi) is 4.67. The summed E-state index contributed by atoms with van der Waals surface area (Å²) < 4.78 is 0. The molecule has 0 radical (unpaired) electrons. The van der Waals surface area contributed by atoms with E-state index in [1.165, 1.54) is 0 Å². The highest BCUT2D eigenvalue weighted by Gasteiger charge is 1.85. The van der Waals surface area contributed by atoms with Gasteiger partial charge in [-0.25, -0.2) is 0 Å². The van der Waals surface area contributed by atoms with E-state index >= 15 is 0 Å². The number of terminal acetylenes is 1. The summed E-state index contributed by atoms with van der Waals surface area (Å²) in [5.41, 5.74) is 0. The Morgan fingerprint density at radius 1 is 1.62 bits per heavy atom. The highest BCUT2D eigenvalue weighted by molar-refractivity contribution is 6.24. The number of alkyl halides is 2. The number of halogens is 2. The molecular formula is C6H4Cl2. The van der Waals surface area contributed by atoms with Crippen molar-refractivity contribution in [3.63, 3.8) is 0 Å². The normalized spacial score (nSPS) is 10.6. The van der Waals surface area contributed by atoms with Gasteiger partial charge < -0.3 is 0 Å². The molecule has 0 N–H and O–H groups in total. The summed E-state index contributed by atoms with van der Waals surface area (Å²) in [7, 11) is 0. The molecule has 0 aliphatic heterocycles. The third-order valence-electron chi connectivity index (χ3n) is 0.442. The topological polar surface area (TPSA) is 0 Å². The van der Waals surface area contributed by atoms with Gasteiger partial charge in [-0.3, -0.25) is 0 Å². The maximum Gasteiger partial charge on any atom is 0.154 e. The Hall–Kier alpha value is -0.300. The zero-order valence-electron chi connectivity index (χ0n) is 4.12. The van der Waals surface area contributed by atoms with Crippen LogP contribution >= 0.6 is 23.2 Å². The summed E-state index contributed by atoms with van der Waals surface area (Å²) >= 11 is 10.6. The van der Waals surface area contributed by atoms with E-state index < -0.39 is 5.38 Å². The standard InChI is InChI=1S/C6H4Cl2/c1-2-6(8)4-3-5-7/h1,6H,5H2. The Morgan fingerprint density at radius 2 is 2.25 bits per heavy atom. The average Bonchev–Trinajstić information content (AvgIpc) is 1.83. The van der Waals surface area contributed by atoms with Crippen molar-refractivity contribution in [3.05, 3.63) is 0 Å². The highest BCUT2D eigenvalue weighted by atomic mass is 35.5. The summed E-state index contributed by atoms with van der Waals surface area (Å²) in [5, 5.41) is -0.492. The van der Waals surface area contributed by atoms with Gasteiger partial charge in [-0.05, 0) is 0 Å². The SMILES string of the molecule is C#CC(Cl)C#CCCl. The van der Waals surface area contributed by atoms with Gasteiger partial charge in [0, 0.05) is 0 Å². The molecule has 0 fully saturated rings. The van der Waals surface area contributed by atoms with Crippen LogP contribution in [0, 0.1) is 24.2 Å². The van der Waals surface area contributed by atoms with Crippen molar-refractivity contribution in [1.82, 2.24) is 0 Å². The molecule has 0 rings (SSSR count). The van der Waals surface area contributed by atoms with Crippen LogP contribution < -0.4 is 0 Å². The van der Waals surface area contributed by atoms with Crippen LogP contribution in [0.5, 0.6) is 0 Å². The molecule has 0 saturated heterocycles. The molecule has 2 heteroatoms. The molecule has 0 amide bonds. The molecule has 0 aliphatic rings. The van der Waals surface area contributed by atoms with Crippen molar-refractivity contribution in [2.75, 3.05) is 5.88 Å². The van der Waals surface area contributed by atoms with E-state index in [2.05, 4.69) is 17.8 Å². The molecule has 1 atom stereocenters. The lowest BCUT2D eigenvalue weighted by atomic mass is 10.4. The average molecular weight is 147 g/mol. The molecule has 0 aliphatic carbocycles. The van der Waals surface area contributed by atoms with Gasteiger partial charge in [0.2, 0.25) is 0 Å². The second-order valence-electron chi connectivity index (χ2n) is 0.984. The molecule has 1 unspecified atom stereocenters. The van der Waals surface area contributed by atoms with Gasteiger partial charge in [-0.2, -0.15) is 0 Å². The second kappa shape index (κ2) is 4.85.